The first-order chi connectivity index (χ1) is 8.78. The zero-order valence-corrected chi connectivity index (χ0v) is 12.3. The Hall–Kier alpha value is -1.35. The largest absolute Gasteiger partial charge is 0.481 e. The molecule has 0 aliphatic heterocycles. The van der Waals surface area contributed by atoms with Crippen LogP contribution in [0.4, 0.5) is 0 Å². The van der Waals surface area contributed by atoms with Crippen LogP contribution < -0.4 is 5.32 Å². The standard InChI is InChI=1S/C16H25NO2/c1-12(15(18)19)10-14(17-16(2,3)4)11-13-8-6-5-7-9-13/h5-9,12,14,17H,10-11H2,1-4H3,(H,18,19)/t12-,14-/m1/s1. The molecule has 0 amide bonds. The van der Waals surface area contributed by atoms with Crippen LogP contribution in [0, 0.1) is 5.92 Å². The molecule has 0 bridgehead atoms. The van der Waals surface area contributed by atoms with Gasteiger partial charge in [-0.15, -0.1) is 0 Å². The third-order valence-corrected chi connectivity index (χ3v) is 3.02. The molecule has 1 aromatic rings. The van der Waals surface area contributed by atoms with Crippen molar-refractivity contribution in [1.82, 2.24) is 5.32 Å². The van der Waals surface area contributed by atoms with Crippen molar-refractivity contribution in [3.8, 4) is 0 Å². The van der Waals surface area contributed by atoms with Crippen LogP contribution in [0.5, 0.6) is 0 Å². The van der Waals surface area contributed by atoms with Crippen molar-refractivity contribution in [2.24, 2.45) is 5.92 Å². The molecule has 0 unspecified atom stereocenters. The molecule has 0 spiro atoms. The van der Waals surface area contributed by atoms with Gasteiger partial charge >= 0.3 is 5.97 Å². The van der Waals surface area contributed by atoms with Gasteiger partial charge in [0.15, 0.2) is 0 Å². The molecule has 3 heteroatoms. The van der Waals surface area contributed by atoms with Gasteiger partial charge in [0.25, 0.3) is 0 Å². The van der Waals surface area contributed by atoms with Crippen LogP contribution in [0.1, 0.15) is 39.7 Å². The molecular weight excluding hydrogens is 238 g/mol. The maximum atomic E-state index is 11.0. The Morgan fingerprint density at radius 1 is 1.26 bits per heavy atom. The van der Waals surface area contributed by atoms with E-state index in [4.69, 9.17) is 5.11 Å². The predicted octanol–water partition coefficient (Wildman–Crippen LogP) is 3.10. The fraction of sp³-hybridized carbons (Fsp3) is 0.562. The highest BCUT2D eigenvalue weighted by molar-refractivity contribution is 5.69. The third-order valence-electron chi connectivity index (χ3n) is 3.02. The minimum Gasteiger partial charge on any atom is -0.481 e. The van der Waals surface area contributed by atoms with Gasteiger partial charge < -0.3 is 10.4 Å². The van der Waals surface area contributed by atoms with Gasteiger partial charge in [0, 0.05) is 11.6 Å². The Balaban J connectivity index is 2.72. The van der Waals surface area contributed by atoms with Crippen LogP contribution in [-0.2, 0) is 11.2 Å². The van der Waals surface area contributed by atoms with Gasteiger partial charge in [-0.1, -0.05) is 37.3 Å². The zero-order chi connectivity index (χ0) is 14.5. The van der Waals surface area contributed by atoms with Gasteiger partial charge in [-0.2, -0.15) is 0 Å². The summed E-state index contributed by atoms with van der Waals surface area (Å²) in [6.07, 6.45) is 1.50. The maximum Gasteiger partial charge on any atom is 0.306 e. The lowest BCUT2D eigenvalue weighted by Gasteiger charge is -2.30. The fourth-order valence-electron chi connectivity index (χ4n) is 2.23. The molecule has 106 valence electrons. The van der Waals surface area contributed by atoms with Crippen LogP contribution in [-0.4, -0.2) is 22.7 Å². The SMILES string of the molecule is C[C@H](C[C@H](Cc1ccccc1)NC(C)(C)C)C(=O)O. The lowest BCUT2D eigenvalue weighted by atomic mass is 9.94. The molecular formula is C16H25NO2. The second-order valence-electron chi connectivity index (χ2n) is 6.26. The molecule has 3 nitrogen and oxygen atoms in total. The number of aliphatic carboxylic acids is 1. The topological polar surface area (TPSA) is 49.3 Å². The molecule has 19 heavy (non-hydrogen) atoms. The number of benzene rings is 1. The lowest BCUT2D eigenvalue weighted by Crippen LogP contribution is -2.45. The Morgan fingerprint density at radius 3 is 2.32 bits per heavy atom. The summed E-state index contributed by atoms with van der Waals surface area (Å²) in [6, 6.07) is 10.4. The van der Waals surface area contributed by atoms with E-state index in [9.17, 15) is 4.79 Å². The van der Waals surface area contributed by atoms with E-state index >= 15 is 0 Å². The Kier molecular flexibility index (Phi) is 5.55. The van der Waals surface area contributed by atoms with E-state index in [0.717, 1.165) is 6.42 Å². The zero-order valence-electron chi connectivity index (χ0n) is 12.3. The first-order valence-electron chi connectivity index (χ1n) is 6.82. The first kappa shape index (κ1) is 15.7. The van der Waals surface area contributed by atoms with Crippen molar-refractivity contribution in [2.45, 2.75) is 52.1 Å². The van der Waals surface area contributed by atoms with E-state index in [1.54, 1.807) is 6.92 Å². The van der Waals surface area contributed by atoms with Crippen molar-refractivity contribution in [3.05, 3.63) is 35.9 Å². The maximum absolute atomic E-state index is 11.0. The number of rotatable bonds is 6. The van der Waals surface area contributed by atoms with Crippen molar-refractivity contribution in [3.63, 3.8) is 0 Å². The van der Waals surface area contributed by atoms with Crippen molar-refractivity contribution in [2.75, 3.05) is 0 Å². The van der Waals surface area contributed by atoms with Gasteiger partial charge in [-0.25, -0.2) is 0 Å². The van der Waals surface area contributed by atoms with E-state index in [2.05, 4.69) is 38.2 Å². The van der Waals surface area contributed by atoms with Crippen LogP contribution in [0.15, 0.2) is 30.3 Å². The molecule has 0 radical (unpaired) electrons. The Bertz CT molecular complexity index is 395. The summed E-state index contributed by atoms with van der Waals surface area (Å²) in [4.78, 5) is 11.0. The predicted molar refractivity (Wildman–Crippen MR) is 78.2 cm³/mol. The highest BCUT2D eigenvalue weighted by Gasteiger charge is 2.22. The molecule has 0 aliphatic rings. The molecule has 2 N–H and O–H groups in total. The molecule has 0 aliphatic carbocycles. The number of hydrogen-bond donors (Lipinski definition) is 2. The van der Waals surface area contributed by atoms with Crippen LogP contribution in [0.3, 0.4) is 0 Å². The fourth-order valence-corrected chi connectivity index (χ4v) is 2.23. The van der Waals surface area contributed by atoms with E-state index in [1.807, 2.05) is 18.2 Å². The van der Waals surface area contributed by atoms with Crippen molar-refractivity contribution in [1.29, 1.82) is 0 Å². The van der Waals surface area contributed by atoms with Gasteiger partial charge in [-0.05, 0) is 39.2 Å². The van der Waals surface area contributed by atoms with Crippen LogP contribution >= 0.6 is 0 Å². The summed E-state index contributed by atoms with van der Waals surface area (Å²) < 4.78 is 0. The second kappa shape index (κ2) is 6.71. The minimum absolute atomic E-state index is 0.0162. The monoisotopic (exact) mass is 263 g/mol. The van der Waals surface area contributed by atoms with E-state index in [1.165, 1.54) is 5.56 Å². The molecule has 0 fully saturated rings. The summed E-state index contributed by atoms with van der Waals surface area (Å²) in [5, 5.41) is 12.6. The molecule has 0 heterocycles. The number of hydrogen-bond acceptors (Lipinski definition) is 2. The molecule has 2 atom stereocenters. The van der Waals surface area contributed by atoms with E-state index < -0.39 is 5.97 Å². The molecule has 1 rings (SSSR count). The quantitative estimate of drug-likeness (QED) is 0.829. The Morgan fingerprint density at radius 2 is 1.84 bits per heavy atom. The normalized spacial score (nSPS) is 14.9. The van der Waals surface area contributed by atoms with Gasteiger partial charge in [-0.3, -0.25) is 4.79 Å². The average Bonchev–Trinajstić information content (AvgIpc) is 2.27. The number of carbonyl (C=O) groups is 1. The number of nitrogens with one attached hydrogen (secondary N) is 1. The molecule has 0 aromatic heterocycles. The lowest BCUT2D eigenvalue weighted by molar-refractivity contribution is -0.141. The molecule has 1 aromatic carbocycles. The minimum atomic E-state index is -0.728. The average molecular weight is 263 g/mol. The number of carboxylic acid groups (broad SMARTS) is 1. The summed E-state index contributed by atoms with van der Waals surface area (Å²) in [7, 11) is 0. The highest BCUT2D eigenvalue weighted by atomic mass is 16.4. The van der Waals surface area contributed by atoms with Gasteiger partial charge in [0.2, 0.25) is 0 Å². The summed E-state index contributed by atoms with van der Waals surface area (Å²) in [5.41, 5.74) is 1.22. The number of carboxylic acids is 1. The summed E-state index contributed by atoms with van der Waals surface area (Å²) in [6.45, 7) is 8.09. The highest BCUT2D eigenvalue weighted by Crippen LogP contribution is 2.15. The first-order valence-corrected chi connectivity index (χ1v) is 6.82. The van der Waals surface area contributed by atoms with Crippen LogP contribution in [0.2, 0.25) is 0 Å². The molecule has 0 saturated heterocycles. The Labute approximate surface area is 116 Å². The van der Waals surface area contributed by atoms with E-state index in [-0.39, 0.29) is 17.5 Å². The van der Waals surface area contributed by atoms with Crippen molar-refractivity contribution >= 4 is 5.97 Å². The smallest absolute Gasteiger partial charge is 0.306 e. The third kappa shape index (κ3) is 6.39. The van der Waals surface area contributed by atoms with Crippen molar-refractivity contribution < 1.29 is 9.90 Å². The summed E-state index contributed by atoms with van der Waals surface area (Å²) >= 11 is 0. The van der Waals surface area contributed by atoms with Gasteiger partial charge in [0.1, 0.15) is 0 Å². The second-order valence-corrected chi connectivity index (χ2v) is 6.26. The van der Waals surface area contributed by atoms with Crippen LogP contribution in [0.25, 0.3) is 0 Å². The molecule has 0 saturated carbocycles. The summed E-state index contributed by atoms with van der Waals surface area (Å²) in [5.74, 6) is -1.06. The van der Waals surface area contributed by atoms with E-state index in [0.29, 0.717) is 6.42 Å². The van der Waals surface area contributed by atoms with Gasteiger partial charge in [0.05, 0.1) is 5.92 Å².